The fourth-order valence-electron chi connectivity index (χ4n) is 4.76. The second-order valence-corrected chi connectivity index (χ2v) is 8.45. The first-order chi connectivity index (χ1) is 15.1. The number of rotatable bonds is 3. The van der Waals surface area contributed by atoms with Crippen molar-refractivity contribution in [3.05, 3.63) is 43.0 Å². The van der Waals surface area contributed by atoms with E-state index in [1.54, 1.807) is 16.9 Å². The maximum Gasteiger partial charge on any atom is 0.182 e. The van der Waals surface area contributed by atoms with E-state index in [2.05, 4.69) is 30.2 Å². The van der Waals surface area contributed by atoms with Gasteiger partial charge in [0.25, 0.3) is 0 Å². The minimum absolute atomic E-state index is 0.153. The summed E-state index contributed by atoms with van der Waals surface area (Å²) in [4.78, 5) is 4.59. The molecule has 2 fully saturated rings. The van der Waals surface area contributed by atoms with Crippen LogP contribution in [0.15, 0.2) is 43.0 Å². The van der Waals surface area contributed by atoms with E-state index in [-0.39, 0.29) is 5.75 Å². The number of phenols is 1. The first kappa shape index (κ1) is 18.5. The van der Waals surface area contributed by atoms with E-state index in [9.17, 15) is 5.11 Å². The fourth-order valence-corrected chi connectivity index (χ4v) is 4.76. The van der Waals surface area contributed by atoms with Crippen molar-refractivity contribution in [2.75, 3.05) is 13.2 Å². The van der Waals surface area contributed by atoms with Crippen LogP contribution in [0.3, 0.4) is 0 Å². The van der Waals surface area contributed by atoms with E-state index in [4.69, 9.17) is 4.74 Å². The summed E-state index contributed by atoms with van der Waals surface area (Å²) < 4.78 is 9.54. The number of imidazole rings is 1. The topological polar surface area (TPSA) is 103 Å². The zero-order valence-corrected chi connectivity index (χ0v) is 17.1. The summed E-state index contributed by atoms with van der Waals surface area (Å²) in [6.45, 7) is 1.51. The molecule has 0 spiro atoms. The molecule has 158 valence electrons. The van der Waals surface area contributed by atoms with E-state index >= 15 is 0 Å². The van der Waals surface area contributed by atoms with Gasteiger partial charge in [0.1, 0.15) is 11.3 Å². The highest BCUT2D eigenvalue weighted by molar-refractivity contribution is 5.79. The molecule has 4 aromatic rings. The van der Waals surface area contributed by atoms with Gasteiger partial charge >= 0.3 is 0 Å². The van der Waals surface area contributed by atoms with Crippen LogP contribution < -0.4 is 5.32 Å². The quantitative estimate of drug-likeness (QED) is 0.527. The van der Waals surface area contributed by atoms with Gasteiger partial charge in [-0.05, 0) is 36.6 Å². The number of phenolic OH excluding ortho intramolecular Hbond substituents is 1. The lowest BCUT2D eigenvalue weighted by Crippen LogP contribution is -2.54. The third kappa shape index (κ3) is 3.26. The highest BCUT2D eigenvalue weighted by atomic mass is 16.5. The molecule has 5 heterocycles. The Morgan fingerprint density at radius 2 is 1.94 bits per heavy atom. The average Bonchev–Trinajstić information content (AvgIpc) is 3.39. The van der Waals surface area contributed by atoms with Gasteiger partial charge in [-0.15, -0.1) is 10.2 Å². The van der Waals surface area contributed by atoms with Crippen molar-refractivity contribution in [1.29, 1.82) is 0 Å². The Labute approximate surface area is 178 Å². The molecule has 31 heavy (non-hydrogen) atoms. The number of fused-ring (bicyclic) bond motifs is 3. The monoisotopic (exact) mass is 417 g/mol. The predicted octanol–water partition coefficient (Wildman–Crippen LogP) is 2.29. The number of nitrogens with one attached hydrogen (secondary N) is 1. The minimum atomic E-state index is 0.153. The number of aromatic nitrogens is 6. The smallest absolute Gasteiger partial charge is 0.182 e. The second kappa shape index (κ2) is 7.14. The zero-order valence-electron chi connectivity index (χ0n) is 17.1. The summed E-state index contributed by atoms with van der Waals surface area (Å²) in [5.41, 5.74) is 4.63. The molecule has 0 saturated carbocycles. The molecule has 3 aromatic heterocycles. The van der Waals surface area contributed by atoms with Gasteiger partial charge in [0.2, 0.25) is 0 Å². The number of hydrogen-bond acceptors (Lipinski definition) is 7. The van der Waals surface area contributed by atoms with Crippen LogP contribution in [0.5, 0.6) is 5.75 Å². The first-order valence-corrected chi connectivity index (χ1v) is 10.5. The predicted molar refractivity (Wildman–Crippen MR) is 114 cm³/mol. The largest absolute Gasteiger partial charge is 0.507 e. The van der Waals surface area contributed by atoms with Crippen LogP contribution in [0.2, 0.25) is 0 Å². The maximum absolute atomic E-state index is 10.6. The third-order valence-corrected chi connectivity index (χ3v) is 6.25. The van der Waals surface area contributed by atoms with Crippen molar-refractivity contribution >= 4 is 11.2 Å². The normalized spacial score (nSPS) is 23.3. The summed E-state index contributed by atoms with van der Waals surface area (Å²) in [5, 5.41) is 27.4. The van der Waals surface area contributed by atoms with Crippen molar-refractivity contribution in [1.82, 2.24) is 34.8 Å². The summed E-state index contributed by atoms with van der Waals surface area (Å²) in [5.74, 6) is 0.153. The number of nitrogens with zero attached hydrogens (tertiary/aromatic N) is 6. The van der Waals surface area contributed by atoms with Crippen molar-refractivity contribution in [2.45, 2.75) is 31.0 Å². The molecule has 0 amide bonds. The van der Waals surface area contributed by atoms with E-state index in [0.717, 1.165) is 48.3 Å². The van der Waals surface area contributed by atoms with Gasteiger partial charge in [0.15, 0.2) is 5.65 Å². The Hall–Kier alpha value is -3.30. The van der Waals surface area contributed by atoms with Gasteiger partial charge in [0.05, 0.1) is 31.4 Å². The van der Waals surface area contributed by atoms with Gasteiger partial charge in [-0.1, -0.05) is 6.07 Å². The number of piperidine rings is 1. The summed E-state index contributed by atoms with van der Waals surface area (Å²) in [6.07, 6.45) is 7.52. The Kier molecular flexibility index (Phi) is 4.25. The number of ether oxygens (including phenoxy) is 1. The molecule has 9 nitrogen and oxygen atoms in total. The summed E-state index contributed by atoms with van der Waals surface area (Å²) in [7, 11) is 1.87. The van der Waals surface area contributed by atoms with Gasteiger partial charge < -0.3 is 19.7 Å². The number of hydrogen-bond donors (Lipinski definition) is 2. The maximum atomic E-state index is 10.6. The van der Waals surface area contributed by atoms with Crippen molar-refractivity contribution < 1.29 is 9.84 Å². The lowest BCUT2D eigenvalue weighted by atomic mass is 9.92. The summed E-state index contributed by atoms with van der Waals surface area (Å²) >= 11 is 0. The molecule has 2 saturated heterocycles. The lowest BCUT2D eigenvalue weighted by molar-refractivity contribution is 0.0105. The molecule has 2 bridgehead atoms. The third-order valence-electron chi connectivity index (χ3n) is 6.25. The average molecular weight is 417 g/mol. The molecule has 1 unspecified atom stereocenters. The van der Waals surface area contributed by atoms with Crippen LogP contribution in [0.1, 0.15) is 18.9 Å². The van der Waals surface area contributed by atoms with Crippen molar-refractivity contribution in [3.63, 3.8) is 0 Å². The highest BCUT2D eigenvalue weighted by Gasteiger charge is 2.33. The van der Waals surface area contributed by atoms with Crippen LogP contribution in [0.4, 0.5) is 0 Å². The second-order valence-electron chi connectivity index (χ2n) is 8.45. The van der Waals surface area contributed by atoms with E-state index in [0.29, 0.717) is 29.4 Å². The molecule has 2 aliphatic heterocycles. The lowest BCUT2D eigenvalue weighted by Gasteiger charge is -2.40. The number of morpholine rings is 1. The Morgan fingerprint density at radius 1 is 1.10 bits per heavy atom. The van der Waals surface area contributed by atoms with E-state index < -0.39 is 0 Å². The molecule has 2 N–H and O–H groups in total. The Morgan fingerprint density at radius 3 is 2.68 bits per heavy atom. The molecule has 0 radical (unpaired) electrons. The van der Waals surface area contributed by atoms with Crippen molar-refractivity contribution in [3.8, 4) is 28.1 Å². The molecular weight excluding hydrogens is 394 g/mol. The zero-order chi connectivity index (χ0) is 20.9. The van der Waals surface area contributed by atoms with Crippen LogP contribution in [-0.2, 0) is 11.8 Å². The van der Waals surface area contributed by atoms with Crippen LogP contribution in [0.25, 0.3) is 33.5 Å². The number of benzene rings is 1. The molecule has 6 rings (SSSR count). The first-order valence-electron chi connectivity index (χ1n) is 10.5. The van der Waals surface area contributed by atoms with Gasteiger partial charge in [-0.2, -0.15) is 5.10 Å². The van der Waals surface area contributed by atoms with Crippen LogP contribution >= 0.6 is 0 Å². The summed E-state index contributed by atoms with van der Waals surface area (Å²) in [6, 6.07) is 8.51. The molecule has 0 aliphatic carbocycles. The highest BCUT2D eigenvalue weighted by Crippen LogP contribution is 2.34. The van der Waals surface area contributed by atoms with Gasteiger partial charge in [0, 0.05) is 42.5 Å². The minimum Gasteiger partial charge on any atom is -0.507 e. The molecule has 1 aromatic carbocycles. The van der Waals surface area contributed by atoms with Gasteiger partial charge in [-0.25, -0.2) is 4.98 Å². The van der Waals surface area contributed by atoms with Crippen molar-refractivity contribution in [2.24, 2.45) is 7.05 Å². The molecule has 3 atom stereocenters. The van der Waals surface area contributed by atoms with Crippen LogP contribution in [-0.4, -0.2) is 59.9 Å². The molecular formula is C22H23N7O2. The fraction of sp³-hybridized carbons (Fsp3) is 0.364. The van der Waals surface area contributed by atoms with Crippen LogP contribution in [0, 0.1) is 0 Å². The van der Waals surface area contributed by atoms with Gasteiger partial charge in [-0.3, -0.25) is 4.68 Å². The SMILES string of the molecule is Cn1cc(-c2ccc(-c3cc4ncn(C5C[C@H]6COC[C@@H](C5)N6)c4nn3)c(O)c2)cn1. The van der Waals surface area contributed by atoms with E-state index in [1.165, 1.54) is 0 Å². The molecule has 9 heteroatoms. The Balaban J connectivity index is 1.31. The number of aromatic hydroxyl groups is 1. The molecule has 2 aliphatic rings. The number of aryl methyl sites for hydroxylation is 1. The Bertz CT molecular complexity index is 1250. The van der Waals surface area contributed by atoms with E-state index in [1.807, 2.05) is 37.8 Å². The standard InChI is InChI=1S/C22H23N7O2/c1-28-9-14(8-24-28)13-2-3-18(21(30)4-13)19-7-20-22(27-26-19)29(12-23-20)17-5-15-10-31-11-16(6-17)25-15/h2-4,7-9,12,15-17,25,30H,5-6,10-11H2,1H3/t15-,16+,17?.